The summed E-state index contributed by atoms with van der Waals surface area (Å²) >= 11 is 1.35. The maximum Gasteiger partial charge on any atom is 0.410 e. The number of hydrogen-bond donors (Lipinski definition) is 0. The number of rotatable bonds is 4. The van der Waals surface area contributed by atoms with Gasteiger partial charge in [0.1, 0.15) is 22.5 Å². The summed E-state index contributed by atoms with van der Waals surface area (Å²) in [5.74, 6) is -0.365. The third-order valence-corrected chi connectivity index (χ3v) is 7.23. The number of likely N-dealkylation sites (tertiary alicyclic amines) is 1. The minimum atomic E-state index is -0.544. The van der Waals surface area contributed by atoms with Crippen LogP contribution < -0.4 is 0 Å². The molecule has 5 rings (SSSR count). The molecule has 0 aliphatic carbocycles. The Morgan fingerprint density at radius 3 is 2.76 bits per heavy atom. The van der Waals surface area contributed by atoms with Gasteiger partial charge in [0, 0.05) is 41.5 Å². The lowest BCUT2D eigenvalue weighted by molar-refractivity contribution is 0.0167. The summed E-state index contributed by atoms with van der Waals surface area (Å²) in [4.78, 5) is 19.5. The summed E-state index contributed by atoms with van der Waals surface area (Å²) < 4.78 is 22.9. The van der Waals surface area contributed by atoms with Crippen molar-refractivity contribution in [2.75, 3.05) is 13.1 Å². The van der Waals surface area contributed by atoms with Crippen molar-refractivity contribution in [3.63, 3.8) is 0 Å². The van der Waals surface area contributed by atoms with E-state index in [1.807, 2.05) is 43.9 Å². The lowest BCUT2D eigenvalue weighted by atomic mass is 10.1. The second kappa shape index (κ2) is 10.1. The molecule has 1 amide bonds. The zero-order valence-corrected chi connectivity index (χ0v) is 22.5. The summed E-state index contributed by atoms with van der Waals surface area (Å²) in [6.07, 6.45) is 8.60. The van der Waals surface area contributed by atoms with Crippen LogP contribution in [0.3, 0.4) is 0 Å². The molecule has 1 atom stereocenters. The lowest BCUT2D eigenvalue weighted by Gasteiger charge is -2.34. The van der Waals surface area contributed by atoms with Gasteiger partial charge in [-0.1, -0.05) is 11.8 Å². The number of pyridine rings is 2. The van der Waals surface area contributed by atoms with Crippen LogP contribution in [0.1, 0.15) is 50.9 Å². The summed E-state index contributed by atoms with van der Waals surface area (Å²) in [7, 11) is 0. The average Bonchev–Trinajstić information content (AvgIpc) is 3.53. The van der Waals surface area contributed by atoms with Crippen LogP contribution >= 0.6 is 11.8 Å². The van der Waals surface area contributed by atoms with E-state index in [-0.39, 0.29) is 18.0 Å². The first-order chi connectivity index (χ1) is 18.1. The van der Waals surface area contributed by atoms with Crippen molar-refractivity contribution in [2.45, 2.75) is 62.1 Å². The van der Waals surface area contributed by atoms with Gasteiger partial charge in [0.25, 0.3) is 0 Å². The Hall–Kier alpha value is -3.91. The molecule has 4 aromatic heterocycles. The van der Waals surface area contributed by atoms with Gasteiger partial charge in [-0.2, -0.15) is 15.5 Å². The number of hydrogen-bond acceptors (Lipinski definition) is 7. The van der Waals surface area contributed by atoms with Crippen LogP contribution in [0.25, 0.3) is 16.6 Å². The number of piperidine rings is 1. The molecule has 0 spiro atoms. The average molecular weight is 534 g/mol. The van der Waals surface area contributed by atoms with Crippen LogP contribution in [0.4, 0.5) is 9.18 Å². The number of ether oxygens (including phenoxy) is 1. The predicted octanol–water partition coefficient (Wildman–Crippen LogP) is 5.64. The molecule has 0 aromatic carbocycles. The van der Waals surface area contributed by atoms with E-state index in [9.17, 15) is 14.4 Å². The number of nitrogens with zero attached hydrogens (tertiary/aromatic N) is 7. The molecule has 0 N–H and O–H groups in total. The van der Waals surface area contributed by atoms with E-state index in [1.54, 1.807) is 28.6 Å². The van der Waals surface area contributed by atoms with E-state index in [4.69, 9.17) is 4.74 Å². The molecule has 1 unspecified atom stereocenters. The molecule has 1 fully saturated rings. The van der Waals surface area contributed by atoms with Gasteiger partial charge in [0.2, 0.25) is 0 Å². The number of aromatic nitrogens is 5. The molecule has 9 nitrogen and oxygen atoms in total. The summed E-state index contributed by atoms with van der Waals surface area (Å²) in [6, 6.07) is 7.21. The van der Waals surface area contributed by atoms with E-state index in [0.717, 1.165) is 28.9 Å². The molecule has 1 saturated heterocycles. The van der Waals surface area contributed by atoms with Gasteiger partial charge in [-0.05, 0) is 58.7 Å². The number of carbonyl (C=O) groups excluding carboxylic acids is 1. The van der Waals surface area contributed by atoms with E-state index in [2.05, 4.69) is 21.3 Å². The molecule has 0 bridgehead atoms. The molecule has 1 aliphatic rings. The van der Waals surface area contributed by atoms with Crippen molar-refractivity contribution in [1.82, 2.24) is 29.3 Å². The van der Waals surface area contributed by atoms with Gasteiger partial charge < -0.3 is 9.64 Å². The fraction of sp³-hybridized carbons (Fsp3) is 0.370. The van der Waals surface area contributed by atoms with Crippen molar-refractivity contribution in [3.05, 3.63) is 60.1 Å². The largest absolute Gasteiger partial charge is 0.444 e. The fourth-order valence-corrected chi connectivity index (χ4v) is 5.47. The normalized spacial score (nSPS) is 16.0. The maximum absolute atomic E-state index is 13.8. The summed E-state index contributed by atoms with van der Waals surface area (Å²) in [5, 5.41) is 19.2. The van der Waals surface area contributed by atoms with Crippen molar-refractivity contribution < 1.29 is 13.9 Å². The molecular weight excluding hydrogens is 505 g/mol. The Bertz CT molecular complexity index is 1550. The molecule has 5 heterocycles. The molecule has 0 radical (unpaired) electrons. The second-order valence-corrected chi connectivity index (χ2v) is 11.4. The molecule has 11 heteroatoms. The van der Waals surface area contributed by atoms with E-state index >= 15 is 0 Å². The SMILES string of the molecule is Cc1nc(Sc2cc(-c3cnn(C4CCCN(C(=O)OC(C)(C)C)C4)c3)cn3ncc(C#N)c23)ccc1F. The van der Waals surface area contributed by atoms with Gasteiger partial charge in [-0.15, -0.1) is 0 Å². The molecular formula is C27H28FN7O2S. The van der Waals surface area contributed by atoms with Gasteiger partial charge in [-0.25, -0.2) is 18.7 Å². The van der Waals surface area contributed by atoms with E-state index < -0.39 is 5.60 Å². The smallest absolute Gasteiger partial charge is 0.410 e. The Morgan fingerprint density at radius 1 is 1.21 bits per heavy atom. The quantitative estimate of drug-likeness (QED) is 0.335. The Kier molecular flexibility index (Phi) is 6.84. The van der Waals surface area contributed by atoms with Gasteiger partial charge in [0.15, 0.2) is 0 Å². The number of amides is 1. The van der Waals surface area contributed by atoms with Crippen LogP contribution in [-0.4, -0.2) is 54.1 Å². The van der Waals surface area contributed by atoms with E-state index in [1.165, 1.54) is 24.0 Å². The molecule has 196 valence electrons. The number of halogens is 1. The highest BCUT2D eigenvalue weighted by Gasteiger charge is 2.29. The van der Waals surface area contributed by atoms with Crippen LogP contribution in [0.2, 0.25) is 0 Å². The lowest BCUT2D eigenvalue weighted by Crippen LogP contribution is -2.43. The zero-order chi connectivity index (χ0) is 27.0. The Morgan fingerprint density at radius 2 is 2.03 bits per heavy atom. The van der Waals surface area contributed by atoms with Gasteiger partial charge in [-0.3, -0.25) is 4.68 Å². The number of aryl methyl sites for hydroxylation is 1. The minimum absolute atomic E-state index is 0.0314. The fourth-order valence-electron chi connectivity index (χ4n) is 4.44. The molecule has 0 saturated carbocycles. The topological polar surface area (TPSA) is 101 Å². The van der Waals surface area contributed by atoms with Crippen molar-refractivity contribution in [2.24, 2.45) is 0 Å². The number of carbonyl (C=O) groups is 1. The first-order valence-electron chi connectivity index (χ1n) is 12.4. The highest BCUT2D eigenvalue weighted by molar-refractivity contribution is 7.99. The third-order valence-electron chi connectivity index (χ3n) is 6.26. The molecule has 4 aromatic rings. The zero-order valence-electron chi connectivity index (χ0n) is 21.7. The van der Waals surface area contributed by atoms with Gasteiger partial charge >= 0.3 is 6.09 Å². The first kappa shape index (κ1) is 25.7. The monoisotopic (exact) mass is 533 g/mol. The van der Waals surface area contributed by atoms with Gasteiger partial charge in [0.05, 0.1) is 35.2 Å². The Labute approximate surface area is 224 Å². The predicted molar refractivity (Wildman–Crippen MR) is 140 cm³/mol. The Balaban J connectivity index is 1.44. The minimum Gasteiger partial charge on any atom is -0.444 e. The van der Waals surface area contributed by atoms with Crippen molar-refractivity contribution in [1.29, 1.82) is 5.26 Å². The van der Waals surface area contributed by atoms with E-state index in [0.29, 0.717) is 34.9 Å². The molecule has 1 aliphatic heterocycles. The third kappa shape index (κ3) is 5.36. The highest BCUT2D eigenvalue weighted by atomic mass is 32.2. The molecule has 38 heavy (non-hydrogen) atoms. The van der Waals surface area contributed by atoms with Crippen LogP contribution in [0, 0.1) is 24.1 Å². The standard InChI is InChI=1S/C27H28FN7O2S/c1-17-22(28)7-8-24(32-17)38-23-10-18(14-35-25(23)19(11-29)12-31-35)20-13-30-34(15-20)21-6-5-9-33(16-21)26(36)37-27(2,3)4/h7-8,10,12-15,21H,5-6,9,16H2,1-4H3. The summed E-state index contributed by atoms with van der Waals surface area (Å²) in [6.45, 7) is 8.39. The number of nitriles is 1. The van der Waals surface area contributed by atoms with Crippen LogP contribution in [0.15, 0.2) is 52.9 Å². The summed E-state index contributed by atoms with van der Waals surface area (Å²) in [5.41, 5.74) is 2.61. The van der Waals surface area contributed by atoms with Crippen LogP contribution in [-0.2, 0) is 4.74 Å². The van der Waals surface area contributed by atoms with Crippen molar-refractivity contribution in [3.8, 4) is 17.2 Å². The van der Waals surface area contributed by atoms with Crippen molar-refractivity contribution >= 4 is 23.4 Å². The highest BCUT2D eigenvalue weighted by Crippen LogP contribution is 2.35. The van der Waals surface area contributed by atoms with Crippen LogP contribution in [0.5, 0.6) is 0 Å². The first-order valence-corrected chi connectivity index (χ1v) is 13.2. The number of fused-ring (bicyclic) bond motifs is 1. The maximum atomic E-state index is 13.8. The second-order valence-electron chi connectivity index (χ2n) is 10.3.